The van der Waals surface area contributed by atoms with E-state index in [0.717, 1.165) is 11.8 Å². The Morgan fingerprint density at radius 2 is 1.67 bits per heavy atom. The van der Waals surface area contributed by atoms with E-state index in [1.54, 1.807) is 0 Å². The van der Waals surface area contributed by atoms with E-state index in [1.807, 2.05) is 0 Å². The molecule has 0 bridgehead atoms. The molecule has 0 nitrogen and oxygen atoms in total. The Bertz CT molecular complexity index is 133. The summed E-state index contributed by atoms with van der Waals surface area (Å²) in [6.07, 6.45) is 16.4. The van der Waals surface area contributed by atoms with Gasteiger partial charge in [-0.15, -0.1) is 0 Å². The van der Waals surface area contributed by atoms with Gasteiger partial charge >= 0.3 is 0 Å². The molecule has 15 heavy (non-hydrogen) atoms. The molecule has 0 aromatic rings. The minimum absolute atomic E-state index is 0.980. The maximum Gasteiger partial charge on any atom is -0.0414 e. The van der Waals surface area contributed by atoms with Gasteiger partial charge in [-0.2, -0.15) is 0 Å². The first kappa shape index (κ1) is 13.1. The molecule has 0 saturated heterocycles. The van der Waals surface area contributed by atoms with Crippen molar-refractivity contribution in [3.8, 4) is 0 Å². The Balaban J connectivity index is 1.94. The zero-order valence-electron chi connectivity index (χ0n) is 10.9. The molecular weight excluding hydrogens is 180 g/mol. The van der Waals surface area contributed by atoms with E-state index in [-0.39, 0.29) is 0 Å². The molecule has 1 aliphatic rings. The van der Waals surface area contributed by atoms with Crippen LogP contribution in [0.3, 0.4) is 0 Å². The average molecular weight is 210 g/mol. The Morgan fingerprint density at radius 1 is 1.00 bits per heavy atom. The maximum atomic E-state index is 2.44. The van der Waals surface area contributed by atoms with Gasteiger partial charge in [0.15, 0.2) is 0 Å². The Labute approximate surface area is 96.8 Å². The van der Waals surface area contributed by atoms with Gasteiger partial charge in [-0.05, 0) is 11.8 Å². The lowest BCUT2D eigenvalue weighted by molar-refractivity contribution is 0.317. The smallest absolute Gasteiger partial charge is 0.0414 e. The molecule has 1 fully saturated rings. The zero-order chi connectivity index (χ0) is 10.9. The van der Waals surface area contributed by atoms with Crippen LogP contribution in [0.4, 0.5) is 0 Å². The van der Waals surface area contributed by atoms with Crippen molar-refractivity contribution >= 4 is 0 Å². The summed E-state index contributed by atoms with van der Waals surface area (Å²) in [5.41, 5.74) is 0. The normalized spacial score (nSPS) is 20.4. The quantitative estimate of drug-likeness (QED) is 0.516. The van der Waals surface area contributed by atoms with Gasteiger partial charge in [0.1, 0.15) is 0 Å². The standard InChI is InChI=1S/C15H30/c1-3-4-9-14(2)10-8-13-15-11-6-5-7-12-15/h14-15H,3-13H2,1-2H3. The third-order valence-corrected chi connectivity index (χ3v) is 4.08. The fraction of sp³-hybridized carbons (Fsp3) is 1.00. The average Bonchev–Trinajstić information content (AvgIpc) is 2.28. The van der Waals surface area contributed by atoms with Crippen LogP contribution in [0.15, 0.2) is 0 Å². The second kappa shape index (κ2) is 8.19. The Kier molecular flexibility index (Phi) is 7.13. The van der Waals surface area contributed by atoms with Gasteiger partial charge < -0.3 is 0 Å². The molecule has 0 amide bonds. The summed E-state index contributed by atoms with van der Waals surface area (Å²) in [6, 6.07) is 0. The zero-order valence-corrected chi connectivity index (χ0v) is 10.9. The fourth-order valence-electron chi connectivity index (χ4n) is 2.93. The molecule has 1 rings (SSSR count). The van der Waals surface area contributed by atoms with Crippen LogP contribution in [0.5, 0.6) is 0 Å². The minimum atomic E-state index is 0.980. The highest BCUT2D eigenvalue weighted by Crippen LogP contribution is 2.28. The number of hydrogen-bond acceptors (Lipinski definition) is 0. The van der Waals surface area contributed by atoms with Gasteiger partial charge in [0, 0.05) is 0 Å². The lowest BCUT2D eigenvalue weighted by atomic mass is 9.84. The maximum absolute atomic E-state index is 2.44. The predicted molar refractivity (Wildman–Crippen MR) is 69.1 cm³/mol. The second-order valence-corrected chi connectivity index (χ2v) is 5.68. The van der Waals surface area contributed by atoms with Crippen molar-refractivity contribution in [2.24, 2.45) is 11.8 Å². The van der Waals surface area contributed by atoms with Crippen molar-refractivity contribution in [3.05, 3.63) is 0 Å². The van der Waals surface area contributed by atoms with Crippen LogP contribution in [0.1, 0.15) is 84.5 Å². The summed E-state index contributed by atoms with van der Waals surface area (Å²) < 4.78 is 0. The molecule has 1 unspecified atom stereocenters. The van der Waals surface area contributed by atoms with Crippen molar-refractivity contribution in [3.63, 3.8) is 0 Å². The highest BCUT2D eigenvalue weighted by Gasteiger charge is 2.13. The first-order chi connectivity index (χ1) is 7.33. The van der Waals surface area contributed by atoms with Crippen molar-refractivity contribution < 1.29 is 0 Å². The van der Waals surface area contributed by atoms with Gasteiger partial charge in [-0.1, -0.05) is 84.5 Å². The third kappa shape index (κ3) is 6.22. The first-order valence-electron chi connectivity index (χ1n) is 7.33. The highest BCUT2D eigenvalue weighted by atomic mass is 14.2. The summed E-state index contributed by atoms with van der Waals surface area (Å²) >= 11 is 0. The van der Waals surface area contributed by atoms with Gasteiger partial charge in [0.25, 0.3) is 0 Å². The van der Waals surface area contributed by atoms with Crippen LogP contribution >= 0.6 is 0 Å². The summed E-state index contributed by atoms with van der Waals surface area (Å²) in [7, 11) is 0. The summed E-state index contributed by atoms with van der Waals surface area (Å²) in [4.78, 5) is 0. The summed E-state index contributed by atoms with van der Waals surface area (Å²) in [6.45, 7) is 4.74. The van der Waals surface area contributed by atoms with Gasteiger partial charge in [0.2, 0.25) is 0 Å². The monoisotopic (exact) mass is 210 g/mol. The first-order valence-corrected chi connectivity index (χ1v) is 7.33. The topological polar surface area (TPSA) is 0 Å². The number of unbranched alkanes of at least 4 members (excludes halogenated alkanes) is 1. The fourth-order valence-corrected chi connectivity index (χ4v) is 2.93. The van der Waals surface area contributed by atoms with Crippen LogP contribution in [0, 0.1) is 11.8 Å². The minimum Gasteiger partial charge on any atom is -0.0654 e. The highest BCUT2D eigenvalue weighted by molar-refractivity contribution is 4.66. The molecule has 90 valence electrons. The predicted octanol–water partition coefficient (Wildman–Crippen LogP) is 5.56. The number of rotatable bonds is 7. The molecule has 1 saturated carbocycles. The van der Waals surface area contributed by atoms with Gasteiger partial charge in [-0.25, -0.2) is 0 Å². The molecule has 0 aromatic carbocycles. The van der Waals surface area contributed by atoms with Crippen molar-refractivity contribution in [1.29, 1.82) is 0 Å². The van der Waals surface area contributed by atoms with E-state index >= 15 is 0 Å². The molecule has 0 radical (unpaired) electrons. The van der Waals surface area contributed by atoms with Crippen molar-refractivity contribution in [1.82, 2.24) is 0 Å². The van der Waals surface area contributed by atoms with Crippen molar-refractivity contribution in [2.45, 2.75) is 84.5 Å². The van der Waals surface area contributed by atoms with Crippen LogP contribution in [0.25, 0.3) is 0 Å². The van der Waals surface area contributed by atoms with E-state index in [9.17, 15) is 0 Å². The van der Waals surface area contributed by atoms with E-state index in [1.165, 1.54) is 70.6 Å². The molecule has 1 aliphatic carbocycles. The van der Waals surface area contributed by atoms with E-state index < -0.39 is 0 Å². The van der Waals surface area contributed by atoms with E-state index in [0.29, 0.717) is 0 Å². The molecule has 1 atom stereocenters. The van der Waals surface area contributed by atoms with E-state index in [4.69, 9.17) is 0 Å². The molecular formula is C15H30. The molecule has 0 heterocycles. The van der Waals surface area contributed by atoms with Crippen molar-refractivity contribution in [2.75, 3.05) is 0 Å². The van der Waals surface area contributed by atoms with Crippen LogP contribution in [0.2, 0.25) is 0 Å². The molecule has 0 spiro atoms. The third-order valence-electron chi connectivity index (χ3n) is 4.08. The van der Waals surface area contributed by atoms with E-state index in [2.05, 4.69) is 13.8 Å². The van der Waals surface area contributed by atoms with Gasteiger partial charge in [0.05, 0.1) is 0 Å². The molecule has 0 aromatic heterocycles. The molecule has 0 N–H and O–H groups in total. The molecule has 0 aliphatic heterocycles. The van der Waals surface area contributed by atoms with Crippen LogP contribution in [-0.4, -0.2) is 0 Å². The van der Waals surface area contributed by atoms with Crippen LogP contribution < -0.4 is 0 Å². The lowest BCUT2D eigenvalue weighted by Crippen LogP contribution is -2.06. The largest absolute Gasteiger partial charge is 0.0654 e. The number of hydrogen-bond donors (Lipinski definition) is 0. The lowest BCUT2D eigenvalue weighted by Gasteiger charge is -2.22. The summed E-state index contributed by atoms with van der Waals surface area (Å²) in [5, 5.41) is 0. The SMILES string of the molecule is CCCCC(C)CCCC1CCCCC1. The van der Waals surface area contributed by atoms with Gasteiger partial charge in [-0.3, -0.25) is 0 Å². The Morgan fingerprint density at radius 3 is 2.33 bits per heavy atom. The van der Waals surface area contributed by atoms with Crippen LogP contribution in [-0.2, 0) is 0 Å². The molecule has 0 heteroatoms. The Hall–Kier alpha value is 0. The summed E-state index contributed by atoms with van der Waals surface area (Å²) in [5.74, 6) is 2.07. The second-order valence-electron chi connectivity index (χ2n) is 5.68.